The number of hydrogen-bond donors (Lipinski definition) is 2. The Balaban J connectivity index is 1.91. The van der Waals surface area contributed by atoms with Crippen molar-refractivity contribution in [1.82, 2.24) is 5.32 Å². The van der Waals surface area contributed by atoms with Crippen LogP contribution in [0.3, 0.4) is 0 Å². The van der Waals surface area contributed by atoms with Crippen LogP contribution in [0, 0.1) is 11.8 Å². The highest BCUT2D eigenvalue weighted by molar-refractivity contribution is 5.46. The van der Waals surface area contributed by atoms with Crippen molar-refractivity contribution in [1.29, 1.82) is 0 Å². The van der Waals surface area contributed by atoms with E-state index in [9.17, 15) is 5.11 Å². The lowest BCUT2D eigenvalue weighted by Crippen LogP contribution is -2.32. The van der Waals surface area contributed by atoms with E-state index in [2.05, 4.69) is 11.4 Å². The van der Waals surface area contributed by atoms with Gasteiger partial charge in [-0.25, -0.2) is 0 Å². The van der Waals surface area contributed by atoms with Crippen LogP contribution in [0.25, 0.3) is 0 Å². The molecule has 4 nitrogen and oxygen atoms in total. The summed E-state index contributed by atoms with van der Waals surface area (Å²) in [6.07, 6.45) is 4.91. The molecule has 0 spiro atoms. The zero-order chi connectivity index (χ0) is 15.1. The average molecular weight is 293 g/mol. The van der Waals surface area contributed by atoms with E-state index in [4.69, 9.17) is 9.47 Å². The van der Waals surface area contributed by atoms with Gasteiger partial charge in [-0.1, -0.05) is 25.0 Å². The Morgan fingerprint density at radius 1 is 1.14 bits per heavy atom. The molecule has 1 aromatic carbocycles. The molecule has 0 saturated heterocycles. The number of rotatable bonds is 7. The van der Waals surface area contributed by atoms with E-state index in [1.165, 1.54) is 19.3 Å². The van der Waals surface area contributed by atoms with Gasteiger partial charge in [0.25, 0.3) is 0 Å². The number of nitrogens with one attached hydrogen (secondary N) is 1. The molecule has 2 atom stereocenters. The molecule has 2 rings (SSSR count). The minimum atomic E-state index is 0.314. The minimum Gasteiger partial charge on any atom is -0.493 e. The molecule has 1 aliphatic rings. The van der Waals surface area contributed by atoms with Crippen LogP contribution in [0.1, 0.15) is 31.2 Å². The van der Waals surface area contributed by atoms with Crippen molar-refractivity contribution in [2.75, 3.05) is 27.4 Å². The highest BCUT2D eigenvalue weighted by atomic mass is 16.5. The van der Waals surface area contributed by atoms with Gasteiger partial charge in [0.15, 0.2) is 11.5 Å². The molecule has 118 valence electrons. The van der Waals surface area contributed by atoms with Crippen molar-refractivity contribution in [2.45, 2.75) is 32.2 Å². The van der Waals surface area contributed by atoms with Gasteiger partial charge < -0.3 is 19.9 Å². The number of benzene rings is 1. The molecule has 4 heteroatoms. The van der Waals surface area contributed by atoms with Crippen LogP contribution >= 0.6 is 0 Å². The number of hydrogen-bond acceptors (Lipinski definition) is 4. The van der Waals surface area contributed by atoms with Crippen LogP contribution < -0.4 is 14.8 Å². The van der Waals surface area contributed by atoms with Crippen molar-refractivity contribution in [3.8, 4) is 11.5 Å². The molecule has 2 unspecified atom stereocenters. The summed E-state index contributed by atoms with van der Waals surface area (Å²) < 4.78 is 10.8. The van der Waals surface area contributed by atoms with Gasteiger partial charge >= 0.3 is 0 Å². The second kappa shape index (κ2) is 8.25. The van der Waals surface area contributed by atoms with E-state index in [0.29, 0.717) is 18.4 Å². The summed E-state index contributed by atoms with van der Waals surface area (Å²) in [5.74, 6) is 2.61. The summed E-state index contributed by atoms with van der Waals surface area (Å²) in [6, 6.07) is 5.94. The number of aliphatic hydroxyl groups excluding tert-OH is 1. The fourth-order valence-electron chi connectivity index (χ4n) is 3.28. The van der Waals surface area contributed by atoms with Gasteiger partial charge in [0.2, 0.25) is 0 Å². The third-order valence-electron chi connectivity index (χ3n) is 4.51. The summed E-state index contributed by atoms with van der Waals surface area (Å²) in [5.41, 5.74) is 1.10. The van der Waals surface area contributed by atoms with Gasteiger partial charge in [-0.2, -0.15) is 0 Å². The lowest BCUT2D eigenvalue weighted by molar-refractivity contribution is 0.133. The van der Waals surface area contributed by atoms with E-state index in [1.807, 2.05) is 12.1 Å². The van der Waals surface area contributed by atoms with Crippen LogP contribution in [-0.4, -0.2) is 32.5 Å². The van der Waals surface area contributed by atoms with Crippen LogP contribution in [0.4, 0.5) is 0 Å². The van der Waals surface area contributed by atoms with Crippen molar-refractivity contribution in [3.63, 3.8) is 0 Å². The minimum absolute atomic E-state index is 0.314. The lowest BCUT2D eigenvalue weighted by atomic mass is 9.79. The van der Waals surface area contributed by atoms with Crippen molar-refractivity contribution < 1.29 is 14.6 Å². The Bertz CT molecular complexity index is 436. The van der Waals surface area contributed by atoms with Gasteiger partial charge in [0, 0.05) is 18.7 Å². The maximum Gasteiger partial charge on any atom is 0.165 e. The maximum atomic E-state index is 9.46. The summed E-state index contributed by atoms with van der Waals surface area (Å²) in [7, 11) is 3.33. The largest absolute Gasteiger partial charge is 0.493 e. The Kier molecular flexibility index (Phi) is 6.33. The third-order valence-corrected chi connectivity index (χ3v) is 4.51. The fraction of sp³-hybridized carbons (Fsp3) is 0.647. The topological polar surface area (TPSA) is 50.7 Å². The highest BCUT2D eigenvalue weighted by Crippen LogP contribution is 2.31. The lowest BCUT2D eigenvalue weighted by Gasteiger charge is -2.30. The Morgan fingerprint density at radius 3 is 2.57 bits per heavy atom. The first-order chi connectivity index (χ1) is 10.3. The predicted molar refractivity (Wildman–Crippen MR) is 83.8 cm³/mol. The third kappa shape index (κ3) is 4.11. The van der Waals surface area contributed by atoms with E-state index < -0.39 is 0 Å². The average Bonchev–Trinajstić information content (AvgIpc) is 2.54. The number of aliphatic hydroxyl groups is 1. The summed E-state index contributed by atoms with van der Waals surface area (Å²) in [6.45, 7) is 2.02. The first-order valence-electron chi connectivity index (χ1n) is 7.81. The molecule has 21 heavy (non-hydrogen) atoms. The Labute approximate surface area is 127 Å². The molecule has 0 bridgehead atoms. The second-order valence-electron chi connectivity index (χ2n) is 5.77. The Morgan fingerprint density at radius 2 is 1.90 bits per heavy atom. The molecule has 1 aliphatic carbocycles. The zero-order valence-corrected chi connectivity index (χ0v) is 13.1. The quantitative estimate of drug-likeness (QED) is 0.811. The molecule has 2 N–H and O–H groups in total. The van der Waals surface area contributed by atoms with Gasteiger partial charge in [-0.3, -0.25) is 0 Å². The van der Waals surface area contributed by atoms with Gasteiger partial charge in [-0.15, -0.1) is 0 Å². The molecule has 1 saturated carbocycles. The molecule has 0 aromatic heterocycles. The molecule has 0 heterocycles. The van der Waals surface area contributed by atoms with Gasteiger partial charge in [0.05, 0.1) is 14.2 Å². The Hall–Kier alpha value is -1.26. The summed E-state index contributed by atoms with van der Waals surface area (Å²) >= 11 is 0. The van der Waals surface area contributed by atoms with Crippen molar-refractivity contribution in [2.24, 2.45) is 11.8 Å². The standard InChI is InChI=1S/C17H27NO3/c1-20-16-9-5-8-14(17(16)21-2)11-18-10-13-6-3-4-7-15(13)12-19/h5,8-9,13,15,18-19H,3-4,6-7,10-12H2,1-2H3. The SMILES string of the molecule is COc1cccc(CNCC2CCCCC2CO)c1OC. The zero-order valence-electron chi connectivity index (χ0n) is 13.1. The molecule has 0 amide bonds. The van der Waals surface area contributed by atoms with Crippen LogP contribution in [-0.2, 0) is 6.54 Å². The molecule has 1 fully saturated rings. The highest BCUT2D eigenvalue weighted by Gasteiger charge is 2.24. The molecular weight excluding hydrogens is 266 g/mol. The van der Waals surface area contributed by atoms with Crippen LogP contribution in [0.2, 0.25) is 0 Å². The van der Waals surface area contributed by atoms with E-state index in [-0.39, 0.29) is 0 Å². The van der Waals surface area contributed by atoms with Crippen LogP contribution in [0.5, 0.6) is 11.5 Å². The van der Waals surface area contributed by atoms with Crippen LogP contribution in [0.15, 0.2) is 18.2 Å². The maximum absolute atomic E-state index is 9.46. The fourth-order valence-corrected chi connectivity index (χ4v) is 3.28. The van der Waals surface area contributed by atoms with Crippen molar-refractivity contribution in [3.05, 3.63) is 23.8 Å². The molecule has 0 radical (unpaired) electrons. The predicted octanol–water partition coefficient (Wildman–Crippen LogP) is 2.59. The van der Waals surface area contributed by atoms with E-state index in [0.717, 1.165) is 36.6 Å². The first kappa shape index (κ1) is 16.1. The van der Waals surface area contributed by atoms with Crippen molar-refractivity contribution >= 4 is 0 Å². The normalized spacial score (nSPS) is 22.0. The summed E-state index contributed by atoms with van der Waals surface area (Å²) in [5, 5.41) is 13.0. The summed E-state index contributed by atoms with van der Waals surface area (Å²) in [4.78, 5) is 0. The van der Waals surface area contributed by atoms with E-state index >= 15 is 0 Å². The number of para-hydroxylation sites is 1. The monoisotopic (exact) mass is 293 g/mol. The number of methoxy groups -OCH3 is 2. The molecular formula is C17H27NO3. The second-order valence-corrected chi connectivity index (χ2v) is 5.77. The number of ether oxygens (including phenoxy) is 2. The first-order valence-corrected chi connectivity index (χ1v) is 7.81. The van der Waals surface area contributed by atoms with Gasteiger partial charge in [0.1, 0.15) is 0 Å². The van der Waals surface area contributed by atoms with E-state index in [1.54, 1.807) is 14.2 Å². The molecule has 0 aliphatic heterocycles. The smallest absolute Gasteiger partial charge is 0.165 e. The molecule has 1 aromatic rings. The van der Waals surface area contributed by atoms with Gasteiger partial charge in [-0.05, 0) is 37.3 Å².